The van der Waals surface area contributed by atoms with E-state index in [0.717, 1.165) is 9.35 Å². The molecule has 4 heteroatoms. The van der Waals surface area contributed by atoms with Gasteiger partial charge in [-0.1, -0.05) is 6.07 Å². The molecule has 0 aliphatic heterocycles. The zero-order chi connectivity index (χ0) is 6.97. The van der Waals surface area contributed by atoms with Crippen LogP contribution in [0.15, 0.2) is 24.5 Å². The van der Waals surface area contributed by atoms with Crippen molar-refractivity contribution in [3.63, 3.8) is 0 Å². The van der Waals surface area contributed by atoms with Gasteiger partial charge in [0.2, 0.25) is 0 Å². The molecule has 0 saturated heterocycles. The van der Waals surface area contributed by atoms with Crippen molar-refractivity contribution >= 4 is 28.2 Å². The summed E-state index contributed by atoms with van der Waals surface area (Å²) in [6.07, 6.45) is 1.55. The summed E-state index contributed by atoms with van der Waals surface area (Å²) in [6, 6.07) is 5.88. The summed E-state index contributed by atoms with van der Waals surface area (Å²) in [6.45, 7) is 0. The Morgan fingerprint density at radius 3 is 3.10 bits per heavy atom. The van der Waals surface area contributed by atoms with Gasteiger partial charge in [-0.05, 0) is 34.7 Å². The van der Waals surface area contributed by atoms with Crippen molar-refractivity contribution in [3.8, 4) is 0 Å². The summed E-state index contributed by atoms with van der Waals surface area (Å²) in [7, 11) is 0. The van der Waals surface area contributed by atoms with Crippen LogP contribution in [0.25, 0.3) is 5.65 Å². The van der Waals surface area contributed by atoms with E-state index in [1.807, 2.05) is 18.2 Å². The summed E-state index contributed by atoms with van der Waals surface area (Å²) < 4.78 is 2.87. The SMILES string of the molecule is Ic1cccc2ncnn12. The second-order valence-electron chi connectivity index (χ2n) is 1.88. The maximum atomic E-state index is 4.03. The third-order valence-corrected chi connectivity index (χ3v) is 2.07. The van der Waals surface area contributed by atoms with Gasteiger partial charge < -0.3 is 0 Å². The molecule has 2 aromatic heterocycles. The van der Waals surface area contributed by atoms with E-state index in [-0.39, 0.29) is 0 Å². The topological polar surface area (TPSA) is 30.2 Å². The minimum Gasteiger partial charge on any atom is -0.215 e. The van der Waals surface area contributed by atoms with Gasteiger partial charge in [-0.2, -0.15) is 5.10 Å². The fraction of sp³-hybridized carbons (Fsp3) is 0. The number of halogens is 1. The molecule has 2 heterocycles. The maximum absolute atomic E-state index is 4.03. The third-order valence-electron chi connectivity index (χ3n) is 1.26. The van der Waals surface area contributed by atoms with Crippen LogP contribution in [0.3, 0.4) is 0 Å². The molecule has 0 aromatic carbocycles. The largest absolute Gasteiger partial charge is 0.215 e. The maximum Gasteiger partial charge on any atom is 0.156 e. The number of aromatic nitrogens is 3. The molecule has 0 aliphatic carbocycles. The first-order chi connectivity index (χ1) is 4.88. The van der Waals surface area contributed by atoms with E-state index < -0.39 is 0 Å². The summed E-state index contributed by atoms with van der Waals surface area (Å²) in [5.41, 5.74) is 0.895. The predicted molar refractivity (Wildman–Crippen MR) is 45.7 cm³/mol. The smallest absolute Gasteiger partial charge is 0.156 e. The Kier molecular flexibility index (Phi) is 1.33. The van der Waals surface area contributed by atoms with Crippen LogP contribution in [0, 0.1) is 3.70 Å². The molecular weight excluding hydrogens is 241 g/mol. The van der Waals surface area contributed by atoms with Crippen LogP contribution in [0.2, 0.25) is 0 Å². The first-order valence-corrected chi connectivity index (χ1v) is 3.90. The van der Waals surface area contributed by atoms with Crippen LogP contribution < -0.4 is 0 Å². The second-order valence-corrected chi connectivity index (χ2v) is 2.98. The number of nitrogens with zero attached hydrogens (tertiary/aromatic N) is 3. The Balaban J connectivity index is 2.95. The lowest BCUT2D eigenvalue weighted by molar-refractivity contribution is 0.933. The molecular formula is C6H4IN3. The van der Waals surface area contributed by atoms with Gasteiger partial charge in [-0.15, -0.1) is 0 Å². The van der Waals surface area contributed by atoms with Crippen molar-refractivity contribution in [1.29, 1.82) is 0 Å². The summed E-state index contributed by atoms with van der Waals surface area (Å²) >= 11 is 2.22. The molecule has 2 rings (SSSR count). The first-order valence-electron chi connectivity index (χ1n) is 2.82. The zero-order valence-corrected chi connectivity index (χ0v) is 7.19. The van der Waals surface area contributed by atoms with E-state index in [1.54, 1.807) is 10.8 Å². The van der Waals surface area contributed by atoms with E-state index in [2.05, 4.69) is 32.7 Å². The highest BCUT2D eigenvalue weighted by atomic mass is 127. The van der Waals surface area contributed by atoms with Gasteiger partial charge in [0.05, 0.1) is 0 Å². The highest BCUT2D eigenvalue weighted by molar-refractivity contribution is 14.1. The molecule has 3 nitrogen and oxygen atoms in total. The monoisotopic (exact) mass is 245 g/mol. The molecule has 0 spiro atoms. The Labute approximate surface area is 71.2 Å². The molecule has 0 fully saturated rings. The fourth-order valence-corrected chi connectivity index (χ4v) is 1.39. The van der Waals surface area contributed by atoms with Crippen molar-refractivity contribution in [2.24, 2.45) is 0 Å². The number of rotatable bonds is 0. The zero-order valence-electron chi connectivity index (χ0n) is 5.03. The Hall–Kier alpha value is -0.650. The lowest BCUT2D eigenvalue weighted by atomic mass is 10.5. The van der Waals surface area contributed by atoms with Gasteiger partial charge in [0.25, 0.3) is 0 Å². The predicted octanol–water partition coefficient (Wildman–Crippen LogP) is 1.33. The molecule has 0 atom stereocenters. The molecule has 10 heavy (non-hydrogen) atoms. The standard InChI is InChI=1S/C6H4IN3/c7-5-2-1-3-6-8-4-9-10(5)6/h1-4H. The van der Waals surface area contributed by atoms with Crippen LogP contribution in [0.4, 0.5) is 0 Å². The van der Waals surface area contributed by atoms with E-state index in [1.165, 1.54) is 0 Å². The van der Waals surface area contributed by atoms with Gasteiger partial charge in [-0.25, -0.2) is 9.50 Å². The summed E-state index contributed by atoms with van der Waals surface area (Å²) in [5, 5.41) is 4.02. The molecule has 0 N–H and O–H groups in total. The van der Waals surface area contributed by atoms with Gasteiger partial charge in [-0.3, -0.25) is 0 Å². The Bertz CT molecular complexity index is 355. The average Bonchev–Trinajstić information content (AvgIpc) is 2.36. The Morgan fingerprint density at radius 2 is 2.30 bits per heavy atom. The number of hydrogen-bond acceptors (Lipinski definition) is 2. The lowest BCUT2D eigenvalue weighted by Crippen LogP contribution is -1.90. The van der Waals surface area contributed by atoms with E-state index >= 15 is 0 Å². The molecule has 0 saturated carbocycles. The molecule has 0 bridgehead atoms. The van der Waals surface area contributed by atoms with Crippen molar-refractivity contribution < 1.29 is 0 Å². The van der Waals surface area contributed by atoms with Crippen LogP contribution in [0.1, 0.15) is 0 Å². The molecule has 0 amide bonds. The highest BCUT2D eigenvalue weighted by Gasteiger charge is 1.95. The molecule has 2 aromatic rings. The van der Waals surface area contributed by atoms with Crippen molar-refractivity contribution in [2.45, 2.75) is 0 Å². The Morgan fingerprint density at radius 1 is 1.40 bits per heavy atom. The van der Waals surface area contributed by atoms with Crippen LogP contribution >= 0.6 is 22.6 Å². The first kappa shape index (κ1) is 6.09. The molecule has 0 unspecified atom stereocenters. The van der Waals surface area contributed by atoms with Crippen molar-refractivity contribution in [1.82, 2.24) is 14.6 Å². The van der Waals surface area contributed by atoms with Crippen LogP contribution in [-0.2, 0) is 0 Å². The van der Waals surface area contributed by atoms with Gasteiger partial charge >= 0.3 is 0 Å². The molecule has 50 valence electrons. The van der Waals surface area contributed by atoms with Gasteiger partial charge in [0.1, 0.15) is 10.0 Å². The summed E-state index contributed by atoms with van der Waals surface area (Å²) in [4.78, 5) is 4.03. The minimum atomic E-state index is 0.895. The third kappa shape index (κ3) is 0.792. The van der Waals surface area contributed by atoms with E-state index in [0.29, 0.717) is 0 Å². The van der Waals surface area contributed by atoms with Gasteiger partial charge in [0.15, 0.2) is 5.65 Å². The van der Waals surface area contributed by atoms with Crippen LogP contribution in [-0.4, -0.2) is 14.6 Å². The number of hydrogen-bond donors (Lipinski definition) is 0. The van der Waals surface area contributed by atoms with Gasteiger partial charge in [0, 0.05) is 0 Å². The number of fused-ring (bicyclic) bond motifs is 1. The normalized spacial score (nSPS) is 10.5. The van der Waals surface area contributed by atoms with Crippen molar-refractivity contribution in [3.05, 3.63) is 28.2 Å². The van der Waals surface area contributed by atoms with E-state index in [4.69, 9.17) is 0 Å². The minimum absolute atomic E-state index is 0.895. The quantitative estimate of drug-likeness (QED) is 0.517. The van der Waals surface area contributed by atoms with E-state index in [9.17, 15) is 0 Å². The number of pyridine rings is 1. The van der Waals surface area contributed by atoms with Crippen molar-refractivity contribution in [2.75, 3.05) is 0 Å². The average molecular weight is 245 g/mol. The highest BCUT2D eigenvalue weighted by Crippen LogP contribution is 2.05. The fourth-order valence-electron chi connectivity index (χ4n) is 0.813. The molecule has 0 aliphatic rings. The lowest BCUT2D eigenvalue weighted by Gasteiger charge is -1.91. The summed E-state index contributed by atoms with van der Waals surface area (Å²) in [5.74, 6) is 0. The van der Waals surface area contributed by atoms with Crippen LogP contribution in [0.5, 0.6) is 0 Å². The molecule has 0 radical (unpaired) electrons. The second kappa shape index (κ2) is 2.19.